The molecule has 1 aromatic rings. The first kappa shape index (κ1) is 10.2. The van der Waals surface area contributed by atoms with Crippen LogP contribution in [0.4, 0.5) is 5.82 Å². The molecule has 4 heteroatoms. The third-order valence-electron chi connectivity index (χ3n) is 1.80. The van der Waals surface area contributed by atoms with E-state index in [0.717, 1.165) is 5.84 Å². The molecule has 72 valence electrons. The van der Waals surface area contributed by atoms with Crippen LogP contribution in [0.5, 0.6) is 0 Å². The summed E-state index contributed by atoms with van der Waals surface area (Å²) in [5.41, 5.74) is 0.548. The van der Waals surface area contributed by atoms with Crippen molar-refractivity contribution in [1.82, 2.24) is 9.88 Å². The van der Waals surface area contributed by atoms with Gasteiger partial charge in [-0.15, -0.1) is 0 Å². The maximum Gasteiger partial charge on any atom is 0.153 e. The lowest BCUT2D eigenvalue weighted by molar-refractivity contribution is 0.618. The number of aliphatic imine (C=N–C) groups is 1. The molecule has 4 nitrogen and oxygen atoms in total. The van der Waals surface area contributed by atoms with Crippen molar-refractivity contribution in [3.63, 3.8) is 0 Å². The Labute approximate surface area is 83.5 Å². The molecule has 0 atom stereocenters. The van der Waals surface area contributed by atoms with E-state index in [1.54, 1.807) is 12.1 Å². The average molecular weight is 188 g/mol. The molecule has 0 fully saturated rings. The third-order valence-corrected chi connectivity index (χ3v) is 1.80. The van der Waals surface area contributed by atoms with Crippen molar-refractivity contribution in [2.75, 3.05) is 14.1 Å². The lowest BCUT2D eigenvalue weighted by Crippen LogP contribution is -2.17. The van der Waals surface area contributed by atoms with Gasteiger partial charge in [-0.2, -0.15) is 5.26 Å². The number of aromatic nitrogens is 1. The molecule has 0 aliphatic heterocycles. The standard InChI is InChI=1S/C10H12N4/c1-8(14(2)3)13-10-5-4-9(6-11)7-12-10/h4-5,7H,1-3H3. The molecular weight excluding hydrogens is 176 g/mol. The molecule has 0 radical (unpaired) electrons. The molecule has 1 rings (SSSR count). The predicted octanol–water partition coefficient (Wildman–Crippen LogP) is 1.56. The maximum atomic E-state index is 8.56. The van der Waals surface area contributed by atoms with E-state index in [-0.39, 0.29) is 0 Å². The SMILES string of the molecule is CC(=Nc1ccc(C#N)cn1)N(C)C. The average Bonchev–Trinajstić information content (AvgIpc) is 2.19. The number of nitrogens with zero attached hydrogens (tertiary/aromatic N) is 4. The minimum Gasteiger partial charge on any atom is -0.366 e. The summed E-state index contributed by atoms with van der Waals surface area (Å²) in [7, 11) is 3.84. The molecule has 0 aliphatic rings. The van der Waals surface area contributed by atoms with Crippen LogP contribution in [0.3, 0.4) is 0 Å². The van der Waals surface area contributed by atoms with Crippen LogP contribution >= 0.6 is 0 Å². The van der Waals surface area contributed by atoms with Crippen molar-refractivity contribution in [1.29, 1.82) is 5.26 Å². The molecule has 0 saturated heterocycles. The first-order valence-corrected chi connectivity index (χ1v) is 4.22. The van der Waals surface area contributed by atoms with Gasteiger partial charge in [-0.1, -0.05) is 0 Å². The molecule has 0 saturated carbocycles. The third kappa shape index (κ3) is 2.56. The summed E-state index contributed by atoms with van der Waals surface area (Å²) in [5.74, 6) is 1.50. The quantitative estimate of drug-likeness (QED) is 0.496. The molecule has 1 aromatic heterocycles. The van der Waals surface area contributed by atoms with E-state index in [1.165, 1.54) is 6.20 Å². The van der Waals surface area contributed by atoms with Crippen LogP contribution in [-0.2, 0) is 0 Å². The van der Waals surface area contributed by atoms with Gasteiger partial charge in [0, 0.05) is 20.3 Å². The molecule has 0 spiro atoms. The fourth-order valence-electron chi connectivity index (χ4n) is 0.784. The number of amidine groups is 1. The van der Waals surface area contributed by atoms with Crippen LogP contribution in [0.25, 0.3) is 0 Å². The van der Waals surface area contributed by atoms with Crippen LogP contribution < -0.4 is 0 Å². The Balaban J connectivity index is 2.89. The summed E-state index contributed by atoms with van der Waals surface area (Å²) < 4.78 is 0. The number of hydrogen-bond donors (Lipinski definition) is 0. The summed E-state index contributed by atoms with van der Waals surface area (Å²) >= 11 is 0. The molecule has 14 heavy (non-hydrogen) atoms. The van der Waals surface area contributed by atoms with Crippen molar-refractivity contribution in [2.24, 2.45) is 4.99 Å². The van der Waals surface area contributed by atoms with Gasteiger partial charge in [-0.3, -0.25) is 0 Å². The van der Waals surface area contributed by atoms with Gasteiger partial charge in [0.25, 0.3) is 0 Å². The highest BCUT2D eigenvalue weighted by Gasteiger charge is 1.96. The van der Waals surface area contributed by atoms with Gasteiger partial charge in [0.15, 0.2) is 5.82 Å². The minimum absolute atomic E-state index is 0.548. The number of pyridine rings is 1. The van der Waals surface area contributed by atoms with Gasteiger partial charge in [0.1, 0.15) is 11.9 Å². The smallest absolute Gasteiger partial charge is 0.153 e. The topological polar surface area (TPSA) is 52.3 Å². The Hall–Kier alpha value is -1.89. The molecule has 1 heterocycles. The molecule has 0 amide bonds. The Morgan fingerprint density at radius 2 is 2.21 bits per heavy atom. The number of rotatable bonds is 1. The Kier molecular flexibility index (Phi) is 3.19. The second kappa shape index (κ2) is 4.38. The van der Waals surface area contributed by atoms with E-state index in [0.29, 0.717) is 11.4 Å². The highest BCUT2D eigenvalue weighted by molar-refractivity contribution is 5.81. The van der Waals surface area contributed by atoms with E-state index in [2.05, 4.69) is 9.98 Å². The van der Waals surface area contributed by atoms with E-state index < -0.39 is 0 Å². The lowest BCUT2D eigenvalue weighted by Gasteiger charge is -2.10. The second-order valence-electron chi connectivity index (χ2n) is 3.07. The van der Waals surface area contributed by atoms with E-state index in [9.17, 15) is 0 Å². The van der Waals surface area contributed by atoms with E-state index in [4.69, 9.17) is 5.26 Å². The molecule has 0 unspecified atom stereocenters. The van der Waals surface area contributed by atoms with Gasteiger partial charge in [0.05, 0.1) is 5.56 Å². The van der Waals surface area contributed by atoms with E-state index in [1.807, 2.05) is 32.0 Å². The van der Waals surface area contributed by atoms with Gasteiger partial charge in [0.2, 0.25) is 0 Å². The first-order valence-electron chi connectivity index (χ1n) is 4.22. The van der Waals surface area contributed by atoms with Crippen molar-refractivity contribution in [2.45, 2.75) is 6.92 Å². The largest absolute Gasteiger partial charge is 0.366 e. The van der Waals surface area contributed by atoms with Crippen molar-refractivity contribution in [3.8, 4) is 6.07 Å². The highest BCUT2D eigenvalue weighted by atomic mass is 15.1. The zero-order valence-electron chi connectivity index (χ0n) is 8.52. The second-order valence-corrected chi connectivity index (χ2v) is 3.07. The van der Waals surface area contributed by atoms with Crippen LogP contribution in [0, 0.1) is 11.3 Å². The Bertz CT molecular complexity index is 370. The first-order chi connectivity index (χ1) is 6.63. The van der Waals surface area contributed by atoms with Crippen molar-refractivity contribution >= 4 is 11.7 Å². The van der Waals surface area contributed by atoms with Crippen LogP contribution in [-0.4, -0.2) is 29.8 Å². The highest BCUT2D eigenvalue weighted by Crippen LogP contribution is 2.08. The van der Waals surface area contributed by atoms with Crippen molar-refractivity contribution < 1.29 is 0 Å². The summed E-state index contributed by atoms with van der Waals surface area (Å²) in [6, 6.07) is 5.44. The lowest BCUT2D eigenvalue weighted by atomic mass is 10.3. The normalized spacial score (nSPS) is 10.9. The predicted molar refractivity (Wildman–Crippen MR) is 55.4 cm³/mol. The van der Waals surface area contributed by atoms with Gasteiger partial charge in [-0.05, 0) is 19.1 Å². The fraction of sp³-hybridized carbons (Fsp3) is 0.300. The van der Waals surface area contributed by atoms with Gasteiger partial charge < -0.3 is 4.90 Å². The van der Waals surface area contributed by atoms with Crippen molar-refractivity contribution in [3.05, 3.63) is 23.9 Å². The molecular formula is C10H12N4. The van der Waals surface area contributed by atoms with Gasteiger partial charge >= 0.3 is 0 Å². The number of nitriles is 1. The Morgan fingerprint density at radius 3 is 2.64 bits per heavy atom. The summed E-state index contributed by atoms with van der Waals surface area (Å²) in [4.78, 5) is 10.2. The van der Waals surface area contributed by atoms with E-state index >= 15 is 0 Å². The molecule has 0 N–H and O–H groups in total. The molecule has 0 aromatic carbocycles. The minimum atomic E-state index is 0.548. The zero-order valence-corrected chi connectivity index (χ0v) is 8.52. The van der Waals surface area contributed by atoms with Gasteiger partial charge in [-0.25, -0.2) is 9.98 Å². The summed E-state index contributed by atoms with van der Waals surface area (Å²) in [5, 5.41) is 8.56. The van der Waals surface area contributed by atoms with Crippen LogP contribution in [0.2, 0.25) is 0 Å². The summed E-state index contributed by atoms with van der Waals surface area (Å²) in [6.07, 6.45) is 1.52. The molecule has 0 aliphatic carbocycles. The van der Waals surface area contributed by atoms with Crippen LogP contribution in [0.1, 0.15) is 12.5 Å². The Morgan fingerprint density at radius 1 is 1.50 bits per heavy atom. The summed E-state index contributed by atoms with van der Waals surface area (Å²) in [6.45, 7) is 1.90. The maximum absolute atomic E-state index is 8.56. The molecule has 0 bridgehead atoms. The number of hydrogen-bond acceptors (Lipinski definition) is 3. The fourth-order valence-corrected chi connectivity index (χ4v) is 0.784. The monoisotopic (exact) mass is 188 g/mol. The zero-order chi connectivity index (χ0) is 10.6. The van der Waals surface area contributed by atoms with Crippen LogP contribution in [0.15, 0.2) is 23.3 Å².